The van der Waals surface area contributed by atoms with Gasteiger partial charge in [-0.3, -0.25) is 9.63 Å². The second kappa shape index (κ2) is 6.11. The lowest BCUT2D eigenvalue weighted by Gasteiger charge is -2.06. The maximum Gasteiger partial charge on any atom is 0.274 e. The number of nitrogens with one attached hydrogen (secondary N) is 1. The SMILES string of the molecule is Cc1cc(F)cc(C(=O)NOCc2ccccc2)c1. The van der Waals surface area contributed by atoms with Crippen molar-refractivity contribution in [3.05, 3.63) is 71.0 Å². The highest BCUT2D eigenvalue weighted by Gasteiger charge is 2.07. The number of hydrogen-bond donors (Lipinski definition) is 1. The molecule has 4 heteroatoms. The first-order valence-corrected chi connectivity index (χ1v) is 5.88. The number of benzene rings is 2. The average Bonchev–Trinajstić information content (AvgIpc) is 2.38. The highest BCUT2D eigenvalue weighted by Crippen LogP contribution is 2.08. The monoisotopic (exact) mass is 259 g/mol. The second-order valence-electron chi connectivity index (χ2n) is 4.22. The van der Waals surface area contributed by atoms with E-state index in [1.165, 1.54) is 12.1 Å². The molecule has 0 spiro atoms. The third-order valence-electron chi connectivity index (χ3n) is 2.55. The van der Waals surface area contributed by atoms with Crippen LogP contribution >= 0.6 is 0 Å². The summed E-state index contributed by atoms with van der Waals surface area (Å²) in [4.78, 5) is 16.8. The number of amides is 1. The molecule has 0 aliphatic heterocycles. The van der Waals surface area contributed by atoms with Crippen molar-refractivity contribution in [3.8, 4) is 0 Å². The van der Waals surface area contributed by atoms with E-state index in [9.17, 15) is 9.18 Å². The van der Waals surface area contributed by atoms with Gasteiger partial charge in [-0.2, -0.15) is 0 Å². The molecule has 0 atom stereocenters. The lowest BCUT2D eigenvalue weighted by atomic mass is 10.1. The Bertz CT molecular complexity index is 549. The fraction of sp³-hybridized carbons (Fsp3) is 0.133. The molecule has 19 heavy (non-hydrogen) atoms. The molecule has 98 valence electrons. The predicted octanol–water partition coefficient (Wildman–Crippen LogP) is 3.00. The van der Waals surface area contributed by atoms with Gasteiger partial charge in [0.2, 0.25) is 0 Å². The van der Waals surface area contributed by atoms with Crippen LogP contribution in [0.3, 0.4) is 0 Å². The number of rotatable bonds is 4. The van der Waals surface area contributed by atoms with Crippen LogP contribution < -0.4 is 5.48 Å². The van der Waals surface area contributed by atoms with Crippen LogP contribution in [0.5, 0.6) is 0 Å². The maximum absolute atomic E-state index is 13.2. The third-order valence-corrected chi connectivity index (χ3v) is 2.55. The fourth-order valence-electron chi connectivity index (χ4n) is 1.69. The molecular formula is C15H14FNO2. The van der Waals surface area contributed by atoms with Gasteiger partial charge in [-0.15, -0.1) is 0 Å². The van der Waals surface area contributed by atoms with Gasteiger partial charge >= 0.3 is 0 Å². The highest BCUT2D eigenvalue weighted by molar-refractivity contribution is 5.93. The van der Waals surface area contributed by atoms with Gasteiger partial charge in [0.25, 0.3) is 5.91 Å². The first kappa shape index (κ1) is 13.2. The smallest absolute Gasteiger partial charge is 0.269 e. The van der Waals surface area contributed by atoms with Gasteiger partial charge in [0, 0.05) is 5.56 Å². The number of carbonyl (C=O) groups excluding carboxylic acids is 1. The van der Waals surface area contributed by atoms with Crippen LogP contribution in [0.1, 0.15) is 21.5 Å². The van der Waals surface area contributed by atoms with Crippen LogP contribution in [0.4, 0.5) is 4.39 Å². The first-order valence-electron chi connectivity index (χ1n) is 5.88. The zero-order chi connectivity index (χ0) is 13.7. The molecule has 1 N–H and O–H groups in total. The summed E-state index contributed by atoms with van der Waals surface area (Å²) in [6.07, 6.45) is 0. The lowest BCUT2D eigenvalue weighted by molar-refractivity contribution is 0.0233. The normalized spacial score (nSPS) is 10.2. The summed E-state index contributed by atoms with van der Waals surface area (Å²) >= 11 is 0. The molecule has 0 unspecified atom stereocenters. The second-order valence-corrected chi connectivity index (χ2v) is 4.22. The molecule has 2 aromatic rings. The summed E-state index contributed by atoms with van der Waals surface area (Å²) in [5.41, 5.74) is 4.17. The van der Waals surface area contributed by atoms with Gasteiger partial charge in [-0.1, -0.05) is 30.3 Å². The van der Waals surface area contributed by atoms with Gasteiger partial charge in [0.05, 0.1) is 6.61 Å². The summed E-state index contributed by atoms with van der Waals surface area (Å²) < 4.78 is 13.2. The van der Waals surface area contributed by atoms with Crippen LogP contribution in [0.15, 0.2) is 48.5 Å². The Morgan fingerprint density at radius 2 is 1.95 bits per heavy atom. The molecule has 0 aromatic heterocycles. The molecule has 0 aliphatic carbocycles. The Labute approximate surface area is 111 Å². The lowest BCUT2D eigenvalue weighted by Crippen LogP contribution is -2.23. The minimum absolute atomic E-state index is 0.241. The van der Waals surface area contributed by atoms with Crippen molar-refractivity contribution >= 4 is 5.91 Å². The van der Waals surface area contributed by atoms with E-state index in [0.29, 0.717) is 5.56 Å². The Morgan fingerprint density at radius 3 is 2.63 bits per heavy atom. The van der Waals surface area contributed by atoms with Crippen molar-refractivity contribution in [2.45, 2.75) is 13.5 Å². The van der Waals surface area contributed by atoms with Crippen molar-refractivity contribution in [1.82, 2.24) is 5.48 Å². The van der Waals surface area contributed by atoms with Gasteiger partial charge < -0.3 is 0 Å². The first-order chi connectivity index (χ1) is 9.15. The summed E-state index contributed by atoms with van der Waals surface area (Å²) in [6.45, 7) is 1.99. The van der Waals surface area contributed by atoms with E-state index in [1.54, 1.807) is 13.0 Å². The van der Waals surface area contributed by atoms with Crippen LogP contribution in [0.2, 0.25) is 0 Å². The standard InChI is InChI=1S/C15H14FNO2/c1-11-7-13(9-14(16)8-11)15(18)17-19-10-12-5-3-2-4-6-12/h2-9H,10H2,1H3,(H,17,18). The van der Waals surface area contributed by atoms with Crippen molar-refractivity contribution in [2.24, 2.45) is 0 Å². The Balaban J connectivity index is 1.91. The Kier molecular flexibility index (Phi) is 4.26. The Hall–Kier alpha value is -2.20. The van der Waals surface area contributed by atoms with Gasteiger partial charge in [0.1, 0.15) is 5.82 Å². The molecule has 3 nitrogen and oxygen atoms in total. The fourth-order valence-corrected chi connectivity index (χ4v) is 1.69. The molecule has 1 amide bonds. The minimum Gasteiger partial charge on any atom is -0.269 e. The number of carbonyl (C=O) groups is 1. The zero-order valence-electron chi connectivity index (χ0n) is 10.5. The van der Waals surface area contributed by atoms with E-state index >= 15 is 0 Å². The molecule has 0 saturated heterocycles. The molecule has 0 aliphatic rings. The van der Waals surface area contributed by atoms with Crippen molar-refractivity contribution in [2.75, 3.05) is 0 Å². The van der Waals surface area contributed by atoms with E-state index in [-0.39, 0.29) is 12.2 Å². The third kappa shape index (κ3) is 3.89. The van der Waals surface area contributed by atoms with Crippen LogP contribution in [-0.4, -0.2) is 5.91 Å². The molecule has 0 radical (unpaired) electrons. The molecule has 0 fully saturated rings. The van der Waals surface area contributed by atoms with Gasteiger partial charge in [0.15, 0.2) is 0 Å². The zero-order valence-corrected chi connectivity index (χ0v) is 10.5. The quantitative estimate of drug-likeness (QED) is 0.857. The largest absolute Gasteiger partial charge is 0.274 e. The number of hydroxylamine groups is 1. The van der Waals surface area contributed by atoms with E-state index in [1.807, 2.05) is 30.3 Å². The number of hydrogen-bond acceptors (Lipinski definition) is 2. The van der Waals surface area contributed by atoms with Crippen LogP contribution in [0.25, 0.3) is 0 Å². The maximum atomic E-state index is 13.2. The average molecular weight is 259 g/mol. The van der Waals surface area contributed by atoms with Gasteiger partial charge in [-0.05, 0) is 36.2 Å². The topological polar surface area (TPSA) is 38.3 Å². The minimum atomic E-state index is -0.460. The van der Waals surface area contributed by atoms with Crippen molar-refractivity contribution in [1.29, 1.82) is 0 Å². The van der Waals surface area contributed by atoms with E-state index in [2.05, 4.69) is 5.48 Å². The van der Waals surface area contributed by atoms with Crippen molar-refractivity contribution in [3.63, 3.8) is 0 Å². The number of aryl methyl sites for hydroxylation is 1. The molecule has 0 bridgehead atoms. The summed E-state index contributed by atoms with van der Waals surface area (Å²) in [6, 6.07) is 13.6. The molecule has 0 heterocycles. The van der Waals surface area contributed by atoms with Gasteiger partial charge in [-0.25, -0.2) is 9.87 Å². The highest BCUT2D eigenvalue weighted by atomic mass is 19.1. The molecule has 2 rings (SSSR count). The Morgan fingerprint density at radius 1 is 1.21 bits per heavy atom. The van der Waals surface area contributed by atoms with Crippen LogP contribution in [-0.2, 0) is 11.4 Å². The number of halogens is 1. The molecular weight excluding hydrogens is 245 g/mol. The molecule has 0 saturated carbocycles. The summed E-state index contributed by atoms with van der Waals surface area (Å²) in [7, 11) is 0. The van der Waals surface area contributed by atoms with Crippen LogP contribution in [0, 0.1) is 12.7 Å². The summed E-state index contributed by atoms with van der Waals surface area (Å²) in [5, 5.41) is 0. The van der Waals surface area contributed by atoms with E-state index < -0.39 is 11.7 Å². The molecule has 2 aromatic carbocycles. The van der Waals surface area contributed by atoms with E-state index in [0.717, 1.165) is 5.56 Å². The van der Waals surface area contributed by atoms with Crippen molar-refractivity contribution < 1.29 is 14.0 Å². The van der Waals surface area contributed by atoms with E-state index in [4.69, 9.17) is 4.84 Å². The predicted molar refractivity (Wildman–Crippen MR) is 69.8 cm³/mol. The summed E-state index contributed by atoms with van der Waals surface area (Å²) in [5.74, 6) is -0.897.